The van der Waals surface area contributed by atoms with Gasteiger partial charge in [0.05, 0.1) is 12.2 Å². The number of benzene rings is 2. The fraction of sp³-hybridized carbons (Fsp3) is 0.182. The van der Waals surface area contributed by atoms with Crippen molar-refractivity contribution >= 4 is 33.4 Å². The summed E-state index contributed by atoms with van der Waals surface area (Å²) in [7, 11) is 1.62. The molecule has 0 atom stereocenters. The minimum atomic E-state index is -0.252. The highest BCUT2D eigenvalue weighted by Crippen LogP contribution is 2.21. The molecule has 0 unspecified atom stereocenters. The van der Waals surface area contributed by atoms with Gasteiger partial charge in [0.15, 0.2) is 0 Å². The Morgan fingerprint density at radius 1 is 0.964 bits per heavy atom. The lowest BCUT2D eigenvalue weighted by molar-refractivity contribution is -0.116. The van der Waals surface area contributed by atoms with Crippen LogP contribution in [0.4, 0.5) is 5.69 Å². The number of nitrogens with zero attached hydrogens (tertiary/aromatic N) is 2. The summed E-state index contributed by atoms with van der Waals surface area (Å²) in [4.78, 5) is 26.3. The Labute approximate surface area is 173 Å². The second-order valence-electron chi connectivity index (χ2n) is 6.69. The third-order valence-corrected chi connectivity index (χ3v) is 5.21. The number of aryl methyl sites for hydroxylation is 2. The van der Waals surface area contributed by atoms with Gasteiger partial charge < -0.3 is 14.8 Å². The Bertz CT molecular complexity index is 989. The smallest absolute Gasteiger partial charge is 0.254 e. The third-order valence-electron chi connectivity index (χ3n) is 4.52. The summed E-state index contributed by atoms with van der Waals surface area (Å²) in [5, 5.41) is 2.80. The average Bonchev–Trinajstić information content (AvgIpc) is 3.01. The highest BCUT2D eigenvalue weighted by molar-refractivity contribution is 9.10. The molecule has 6 heteroatoms. The van der Waals surface area contributed by atoms with Crippen LogP contribution in [0.25, 0.3) is 5.69 Å². The summed E-state index contributed by atoms with van der Waals surface area (Å²) < 4.78 is 2.92. The van der Waals surface area contributed by atoms with Gasteiger partial charge in [-0.3, -0.25) is 9.59 Å². The Morgan fingerprint density at radius 2 is 1.57 bits per heavy atom. The molecule has 144 valence electrons. The van der Waals surface area contributed by atoms with E-state index in [4.69, 9.17) is 0 Å². The number of hydrogen-bond acceptors (Lipinski definition) is 2. The van der Waals surface area contributed by atoms with Crippen molar-refractivity contribution in [3.63, 3.8) is 0 Å². The molecule has 1 aromatic heterocycles. The first-order valence-electron chi connectivity index (χ1n) is 8.92. The second kappa shape index (κ2) is 8.44. The van der Waals surface area contributed by atoms with Crippen LogP contribution in [0.15, 0.2) is 65.1 Å². The molecule has 0 aliphatic carbocycles. The Balaban J connectivity index is 1.66. The molecule has 3 rings (SSSR count). The van der Waals surface area contributed by atoms with E-state index in [-0.39, 0.29) is 18.4 Å². The standard InChI is InChI=1S/C22H22BrN3O2/c1-15-8-9-16(2)26(15)18-12-10-17(11-13-18)22(28)25(3)14-21(27)24-20-7-5-4-6-19(20)23/h4-13H,14H2,1-3H3,(H,24,27). The van der Waals surface area contributed by atoms with E-state index < -0.39 is 0 Å². The zero-order valence-corrected chi connectivity index (χ0v) is 17.7. The zero-order valence-electron chi connectivity index (χ0n) is 16.1. The lowest BCUT2D eigenvalue weighted by atomic mass is 10.1. The Morgan fingerprint density at radius 3 is 2.18 bits per heavy atom. The number of halogens is 1. The van der Waals surface area contributed by atoms with Crippen LogP contribution in [0.3, 0.4) is 0 Å². The highest BCUT2D eigenvalue weighted by atomic mass is 79.9. The molecule has 0 saturated carbocycles. The molecule has 28 heavy (non-hydrogen) atoms. The van der Waals surface area contributed by atoms with E-state index >= 15 is 0 Å². The first-order valence-corrected chi connectivity index (χ1v) is 9.71. The van der Waals surface area contributed by atoms with E-state index in [1.165, 1.54) is 4.90 Å². The van der Waals surface area contributed by atoms with Crippen molar-refractivity contribution in [1.82, 2.24) is 9.47 Å². The van der Waals surface area contributed by atoms with Gasteiger partial charge in [0.25, 0.3) is 5.91 Å². The van der Waals surface area contributed by atoms with Crippen molar-refractivity contribution in [2.75, 3.05) is 18.9 Å². The number of aromatic nitrogens is 1. The summed E-state index contributed by atoms with van der Waals surface area (Å²) in [5.41, 5.74) is 4.50. The fourth-order valence-corrected chi connectivity index (χ4v) is 3.47. The highest BCUT2D eigenvalue weighted by Gasteiger charge is 2.16. The molecule has 5 nitrogen and oxygen atoms in total. The minimum Gasteiger partial charge on any atom is -0.332 e. The second-order valence-corrected chi connectivity index (χ2v) is 7.54. The molecule has 0 radical (unpaired) electrons. The number of nitrogens with one attached hydrogen (secondary N) is 1. The molecule has 0 bridgehead atoms. The molecular formula is C22H22BrN3O2. The zero-order chi connectivity index (χ0) is 20.3. The van der Waals surface area contributed by atoms with Crippen molar-refractivity contribution in [2.45, 2.75) is 13.8 Å². The Hall–Kier alpha value is -2.86. The van der Waals surface area contributed by atoms with Crippen molar-refractivity contribution < 1.29 is 9.59 Å². The van der Waals surface area contributed by atoms with E-state index in [9.17, 15) is 9.59 Å². The number of carbonyl (C=O) groups is 2. The monoisotopic (exact) mass is 439 g/mol. The van der Waals surface area contributed by atoms with Crippen LogP contribution >= 0.6 is 15.9 Å². The summed E-state index contributed by atoms with van der Waals surface area (Å²) in [6, 6.07) is 18.9. The van der Waals surface area contributed by atoms with E-state index in [1.807, 2.05) is 44.2 Å². The van der Waals surface area contributed by atoms with Crippen LogP contribution in [-0.4, -0.2) is 34.9 Å². The molecular weight excluding hydrogens is 418 g/mol. The van der Waals surface area contributed by atoms with Gasteiger partial charge in [0.2, 0.25) is 5.91 Å². The predicted octanol–water partition coefficient (Wildman–Crippen LogP) is 4.57. The van der Waals surface area contributed by atoms with Crippen molar-refractivity contribution in [1.29, 1.82) is 0 Å². The van der Waals surface area contributed by atoms with Crippen LogP contribution in [-0.2, 0) is 4.79 Å². The molecule has 1 heterocycles. The van der Waals surface area contributed by atoms with Crippen molar-refractivity contribution in [2.24, 2.45) is 0 Å². The normalized spacial score (nSPS) is 10.6. The van der Waals surface area contributed by atoms with Gasteiger partial charge in [-0.25, -0.2) is 0 Å². The fourth-order valence-electron chi connectivity index (χ4n) is 3.09. The SMILES string of the molecule is Cc1ccc(C)n1-c1ccc(C(=O)N(C)CC(=O)Nc2ccccc2Br)cc1. The first kappa shape index (κ1) is 19.9. The lowest BCUT2D eigenvalue weighted by Crippen LogP contribution is -2.35. The van der Waals surface area contributed by atoms with Gasteiger partial charge in [-0.1, -0.05) is 12.1 Å². The van der Waals surface area contributed by atoms with Crippen molar-refractivity contribution in [3.8, 4) is 5.69 Å². The number of carbonyl (C=O) groups excluding carboxylic acids is 2. The van der Waals surface area contributed by atoms with Crippen LogP contribution < -0.4 is 5.32 Å². The number of anilines is 1. The molecule has 0 saturated heterocycles. The molecule has 0 aliphatic rings. The van der Waals surface area contributed by atoms with Gasteiger partial charge in [-0.15, -0.1) is 0 Å². The number of rotatable bonds is 5. The van der Waals surface area contributed by atoms with Crippen molar-refractivity contribution in [3.05, 3.63) is 82.1 Å². The van der Waals surface area contributed by atoms with E-state index in [0.29, 0.717) is 11.3 Å². The number of amides is 2. The summed E-state index contributed by atoms with van der Waals surface area (Å²) in [6.07, 6.45) is 0. The van der Waals surface area contributed by atoms with Crippen LogP contribution in [0.1, 0.15) is 21.7 Å². The summed E-state index contributed by atoms with van der Waals surface area (Å²) in [5.74, 6) is -0.451. The van der Waals surface area contributed by atoms with Gasteiger partial charge in [-0.2, -0.15) is 0 Å². The number of para-hydroxylation sites is 1. The maximum absolute atomic E-state index is 12.7. The maximum Gasteiger partial charge on any atom is 0.254 e. The molecule has 1 N–H and O–H groups in total. The van der Waals surface area contributed by atoms with Gasteiger partial charge in [0, 0.05) is 34.2 Å². The van der Waals surface area contributed by atoms with E-state index in [2.05, 4.69) is 37.9 Å². The molecule has 0 aliphatic heterocycles. The van der Waals surface area contributed by atoms with Crippen LogP contribution in [0.2, 0.25) is 0 Å². The van der Waals surface area contributed by atoms with Gasteiger partial charge >= 0.3 is 0 Å². The van der Waals surface area contributed by atoms with Crippen LogP contribution in [0.5, 0.6) is 0 Å². The summed E-state index contributed by atoms with van der Waals surface area (Å²) >= 11 is 3.39. The molecule has 0 fully saturated rings. The predicted molar refractivity (Wildman–Crippen MR) is 115 cm³/mol. The molecule has 0 spiro atoms. The topological polar surface area (TPSA) is 54.3 Å². The lowest BCUT2D eigenvalue weighted by Gasteiger charge is -2.18. The number of hydrogen-bond donors (Lipinski definition) is 1. The molecule has 2 aromatic carbocycles. The van der Waals surface area contributed by atoms with Gasteiger partial charge in [-0.05, 0) is 78.3 Å². The molecule has 3 aromatic rings. The quantitative estimate of drug-likeness (QED) is 0.632. The average molecular weight is 440 g/mol. The van der Waals surface area contributed by atoms with E-state index in [1.54, 1.807) is 25.2 Å². The third kappa shape index (κ3) is 4.34. The molecule has 2 amide bonds. The maximum atomic E-state index is 12.7. The largest absolute Gasteiger partial charge is 0.332 e. The van der Waals surface area contributed by atoms with Crippen LogP contribution in [0, 0.1) is 13.8 Å². The van der Waals surface area contributed by atoms with E-state index in [0.717, 1.165) is 21.5 Å². The number of likely N-dealkylation sites (N-methyl/N-ethyl adjacent to an activating group) is 1. The Kier molecular flexibility index (Phi) is 5.99. The summed E-state index contributed by atoms with van der Waals surface area (Å²) in [6.45, 7) is 4.06. The minimum absolute atomic E-state index is 0.0300. The first-order chi connectivity index (χ1) is 13.4. The van der Waals surface area contributed by atoms with Gasteiger partial charge in [0.1, 0.15) is 0 Å².